The summed E-state index contributed by atoms with van der Waals surface area (Å²) in [5.74, 6) is -0.968. The molecule has 1 saturated carbocycles. The quantitative estimate of drug-likeness (QED) is 0.501. The van der Waals surface area contributed by atoms with E-state index >= 15 is 0 Å². The third kappa shape index (κ3) is 4.98. The highest BCUT2D eigenvalue weighted by Gasteiger charge is 2.51. The molecule has 1 heterocycles. The fourth-order valence-electron chi connectivity index (χ4n) is 4.18. The molecule has 1 spiro atoms. The maximum Gasteiger partial charge on any atom is 0.325 e. The van der Waals surface area contributed by atoms with Gasteiger partial charge >= 0.3 is 12.0 Å². The number of hydrogen-bond acceptors (Lipinski definition) is 5. The smallest absolute Gasteiger partial charge is 0.325 e. The van der Waals surface area contributed by atoms with Gasteiger partial charge in [-0.2, -0.15) is 0 Å². The molecule has 162 valence electrons. The van der Waals surface area contributed by atoms with Crippen molar-refractivity contribution >= 4 is 23.8 Å². The molecule has 0 radical (unpaired) electrons. The summed E-state index contributed by atoms with van der Waals surface area (Å²) in [4.78, 5) is 50.8. The van der Waals surface area contributed by atoms with E-state index in [9.17, 15) is 19.2 Å². The zero-order chi connectivity index (χ0) is 21.6. The van der Waals surface area contributed by atoms with Crippen LogP contribution < -0.4 is 10.6 Å². The lowest BCUT2D eigenvalue weighted by molar-refractivity contribution is -0.143. The first-order chi connectivity index (χ1) is 14.4. The number of imide groups is 1. The monoisotopic (exact) mass is 415 g/mol. The van der Waals surface area contributed by atoms with E-state index in [1.54, 1.807) is 6.92 Å². The Balaban J connectivity index is 1.59. The SMILES string of the molecule is CCOC(=O)CC(NC(=O)CCN1C(=O)NC2(CCCCC2)C1=O)c1ccccc1. The van der Waals surface area contributed by atoms with Crippen molar-refractivity contribution in [2.75, 3.05) is 13.2 Å². The molecule has 1 aromatic rings. The van der Waals surface area contributed by atoms with Gasteiger partial charge in [0.2, 0.25) is 5.91 Å². The minimum absolute atomic E-state index is 0.00976. The Labute approximate surface area is 176 Å². The molecule has 3 rings (SSSR count). The molecule has 2 fully saturated rings. The molecule has 2 aliphatic rings. The highest BCUT2D eigenvalue weighted by Crippen LogP contribution is 2.33. The highest BCUT2D eigenvalue weighted by molar-refractivity contribution is 6.07. The van der Waals surface area contributed by atoms with Gasteiger partial charge in [-0.25, -0.2) is 4.79 Å². The van der Waals surface area contributed by atoms with Crippen molar-refractivity contribution in [1.82, 2.24) is 15.5 Å². The van der Waals surface area contributed by atoms with Crippen LogP contribution in [0.25, 0.3) is 0 Å². The van der Waals surface area contributed by atoms with E-state index in [1.807, 2.05) is 30.3 Å². The lowest BCUT2D eigenvalue weighted by Gasteiger charge is -2.30. The second-order valence-electron chi connectivity index (χ2n) is 7.82. The Morgan fingerprint density at radius 1 is 1.17 bits per heavy atom. The van der Waals surface area contributed by atoms with Crippen molar-refractivity contribution < 1.29 is 23.9 Å². The normalized spacial score (nSPS) is 18.8. The van der Waals surface area contributed by atoms with Crippen molar-refractivity contribution in [2.24, 2.45) is 0 Å². The summed E-state index contributed by atoms with van der Waals surface area (Å²) in [6, 6.07) is 8.20. The Kier molecular flexibility index (Phi) is 7.07. The number of nitrogens with zero attached hydrogens (tertiary/aromatic N) is 1. The molecular weight excluding hydrogens is 386 g/mol. The molecule has 1 aliphatic carbocycles. The predicted octanol–water partition coefficient (Wildman–Crippen LogP) is 2.44. The molecule has 1 unspecified atom stereocenters. The first-order valence-corrected chi connectivity index (χ1v) is 10.6. The first kappa shape index (κ1) is 21.8. The number of amides is 4. The number of rotatable bonds is 8. The van der Waals surface area contributed by atoms with E-state index in [2.05, 4.69) is 10.6 Å². The van der Waals surface area contributed by atoms with E-state index < -0.39 is 23.6 Å². The second-order valence-corrected chi connectivity index (χ2v) is 7.82. The van der Waals surface area contributed by atoms with Crippen LogP contribution in [0.1, 0.15) is 63.5 Å². The van der Waals surface area contributed by atoms with E-state index in [-0.39, 0.29) is 37.8 Å². The number of hydrogen-bond donors (Lipinski definition) is 2. The topological polar surface area (TPSA) is 105 Å². The summed E-state index contributed by atoms with van der Waals surface area (Å²) >= 11 is 0. The summed E-state index contributed by atoms with van der Waals surface area (Å²) < 4.78 is 5.01. The molecular formula is C22H29N3O5. The zero-order valence-corrected chi connectivity index (χ0v) is 17.3. The number of ether oxygens (including phenoxy) is 1. The van der Waals surface area contributed by atoms with E-state index in [0.29, 0.717) is 12.8 Å². The Morgan fingerprint density at radius 3 is 2.53 bits per heavy atom. The number of esters is 1. The van der Waals surface area contributed by atoms with Gasteiger partial charge in [0, 0.05) is 13.0 Å². The summed E-state index contributed by atoms with van der Waals surface area (Å²) in [6.45, 7) is 2.01. The van der Waals surface area contributed by atoms with E-state index in [0.717, 1.165) is 29.7 Å². The van der Waals surface area contributed by atoms with Crippen LogP contribution in [-0.2, 0) is 19.1 Å². The molecule has 1 atom stereocenters. The largest absolute Gasteiger partial charge is 0.466 e. The van der Waals surface area contributed by atoms with Crippen molar-refractivity contribution in [2.45, 2.75) is 63.5 Å². The molecule has 4 amide bonds. The van der Waals surface area contributed by atoms with Crippen molar-refractivity contribution in [3.05, 3.63) is 35.9 Å². The maximum atomic E-state index is 12.8. The lowest BCUT2D eigenvalue weighted by Crippen LogP contribution is -2.48. The molecule has 8 nitrogen and oxygen atoms in total. The van der Waals surface area contributed by atoms with Gasteiger partial charge in [-0.15, -0.1) is 0 Å². The summed E-state index contributed by atoms with van der Waals surface area (Å²) in [7, 11) is 0. The summed E-state index contributed by atoms with van der Waals surface area (Å²) in [6.07, 6.45) is 4.16. The minimum Gasteiger partial charge on any atom is -0.466 e. The van der Waals surface area contributed by atoms with Crippen LogP contribution in [0, 0.1) is 0 Å². The Hall–Kier alpha value is -2.90. The fourth-order valence-corrected chi connectivity index (χ4v) is 4.18. The van der Waals surface area contributed by atoms with Gasteiger partial charge in [0.05, 0.1) is 19.1 Å². The fraction of sp³-hybridized carbons (Fsp3) is 0.545. The first-order valence-electron chi connectivity index (χ1n) is 10.6. The Bertz CT molecular complexity index is 789. The van der Waals surface area contributed by atoms with Gasteiger partial charge in [-0.3, -0.25) is 19.3 Å². The molecule has 2 N–H and O–H groups in total. The third-order valence-corrected chi connectivity index (χ3v) is 5.73. The van der Waals surface area contributed by atoms with Crippen LogP contribution in [0.3, 0.4) is 0 Å². The molecule has 1 saturated heterocycles. The number of nitrogens with one attached hydrogen (secondary N) is 2. The van der Waals surface area contributed by atoms with Gasteiger partial charge in [0.25, 0.3) is 5.91 Å². The Morgan fingerprint density at radius 2 is 1.87 bits per heavy atom. The number of carbonyl (C=O) groups excluding carboxylic acids is 4. The summed E-state index contributed by atoms with van der Waals surface area (Å²) in [5, 5.41) is 5.68. The highest BCUT2D eigenvalue weighted by atomic mass is 16.5. The molecule has 8 heteroatoms. The minimum atomic E-state index is -0.789. The molecule has 30 heavy (non-hydrogen) atoms. The lowest BCUT2D eigenvalue weighted by atomic mass is 9.82. The van der Waals surface area contributed by atoms with Crippen LogP contribution in [-0.4, -0.2) is 47.4 Å². The van der Waals surface area contributed by atoms with Gasteiger partial charge < -0.3 is 15.4 Å². The van der Waals surface area contributed by atoms with Gasteiger partial charge in [-0.05, 0) is 25.3 Å². The second kappa shape index (κ2) is 9.73. The van der Waals surface area contributed by atoms with Crippen LogP contribution in [0.15, 0.2) is 30.3 Å². The molecule has 1 aliphatic heterocycles. The van der Waals surface area contributed by atoms with Crippen molar-refractivity contribution in [3.63, 3.8) is 0 Å². The average molecular weight is 415 g/mol. The van der Waals surface area contributed by atoms with Crippen molar-refractivity contribution in [1.29, 1.82) is 0 Å². The number of urea groups is 1. The predicted molar refractivity (Wildman–Crippen MR) is 109 cm³/mol. The standard InChI is InChI=1S/C22H29N3O5/c1-2-30-19(27)15-17(16-9-5-3-6-10-16)23-18(26)11-14-25-20(28)22(24-21(25)29)12-7-4-8-13-22/h3,5-6,9-10,17H,2,4,7-8,11-15H2,1H3,(H,23,26)(H,24,29). The van der Waals surface area contributed by atoms with Crippen LogP contribution in [0.5, 0.6) is 0 Å². The molecule has 1 aromatic carbocycles. The van der Waals surface area contributed by atoms with Gasteiger partial charge in [0.1, 0.15) is 5.54 Å². The zero-order valence-electron chi connectivity index (χ0n) is 17.3. The van der Waals surface area contributed by atoms with Crippen LogP contribution >= 0.6 is 0 Å². The van der Waals surface area contributed by atoms with Crippen molar-refractivity contribution in [3.8, 4) is 0 Å². The number of carbonyl (C=O) groups is 4. The number of benzene rings is 1. The van der Waals surface area contributed by atoms with E-state index in [1.165, 1.54) is 0 Å². The van der Waals surface area contributed by atoms with E-state index in [4.69, 9.17) is 4.74 Å². The maximum absolute atomic E-state index is 12.8. The average Bonchev–Trinajstić information content (AvgIpc) is 2.96. The summed E-state index contributed by atoms with van der Waals surface area (Å²) in [5.41, 5.74) is -0.00230. The molecule has 0 bridgehead atoms. The van der Waals surface area contributed by atoms with Crippen LogP contribution in [0.4, 0.5) is 4.79 Å². The van der Waals surface area contributed by atoms with Gasteiger partial charge in [-0.1, -0.05) is 49.6 Å². The van der Waals surface area contributed by atoms with Gasteiger partial charge in [0.15, 0.2) is 0 Å². The molecule has 0 aromatic heterocycles. The van der Waals surface area contributed by atoms with Crippen LogP contribution in [0.2, 0.25) is 0 Å². The third-order valence-electron chi connectivity index (χ3n) is 5.73.